The Balaban J connectivity index is 1.67. The molecule has 0 unspecified atom stereocenters. The lowest BCUT2D eigenvalue weighted by Gasteiger charge is -2.06. The van der Waals surface area contributed by atoms with Crippen LogP contribution in [0.4, 0.5) is 0 Å². The van der Waals surface area contributed by atoms with E-state index in [9.17, 15) is 0 Å². The van der Waals surface area contributed by atoms with Crippen molar-refractivity contribution in [2.45, 2.75) is 12.8 Å². The number of aromatic nitrogens is 6. The first-order valence-corrected chi connectivity index (χ1v) is 7.44. The zero-order chi connectivity index (χ0) is 15.9. The molecule has 0 bridgehead atoms. The Morgan fingerprint density at radius 2 is 0.864 bits per heavy atom. The molecule has 0 saturated heterocycles. The molecule has 0 saturated carbocycles. The minimum Gasteiger partial charge on any atom is -0.463 e. The van der Waals surface area contributed by atoms with Crippen LogP contribution in [0.15, 0.2) is 0 Å². The summed E-state index contributed by atoms with van der Waals surface area (Å²) in [7, 11) is 0. The van der Waals surface area contributed by atoms with Gasteiger partial charge in [-0.1, -0.05) is 0 Å². The highest BCUT2D eigenvalue weighted by atomic mass is 35.5. The van der Waals surface area contributed by atoms with E-state index in [0.29, 0.717) is 26.1 Å². The third-order valence-electron chi connectivity index (χ3n) is 2.12. The van der Waals surface area contributed by atoms with E-state index in [1.54, 1.807) is 0 Å². The van der Waals surface area contributed by atoms with E-state index in [-0.39, 0.29) is 33.2 Å². The molecule has 0 N–H and O–H groups in total. The monoisotopic (exact) mass is 384 g/mol. The summed E-state index contributed by atoms with van der Waals surface area (Å²) < 4.78 is 10.6. The van der Waals surface area contributed by atoms with Gasteiger partial charge in [-0.3, -0.25) is 0 Å². The Morgan fingerprint density at radius 3 is 1.18 bits per heavy atom. The topological polar surface area (TPSA) is 95.8 Å². The number of ether oxygens (including phenoxy) is 2. The Labute approximate surface area is 145 Å². The van der Waals surface area contributed by atoms with Gasteiger partial charge in [0.2, 0.25) is 21.1 Å². The van der Waals surface area contributed by atoms with Gasteiger partial charge in [0.15, 0.2) is 0 Å². The van der Waals surface area contributed by atoms with Crippen LogP contribution in [0, 0.1) is 0 Å². The number of nitrogens with zero attached hydrogens (tertiary/aromatic N) is 6. The number of rotatable bonds is 7. The van der Waals surface area contributed by atoms with E-state index in [0.717, 1.165) is 0 Å². The number of hydrogen-bond acceptors (Lipinski definition) is 8. The Hall–Kier alpha value is -1.22. The lowest BCUT2D eigenvalue weighted by molar-refractivity contribution is 0.245. The second-order valence-corrected chi connectivity index (χ2v) is 5.07. The molecule has 0 aliphatic rings. The fraction of sp³-hybridized carbons (Fsp3) is 0.400. The van der Waals surface area contributed by atoms with Crippen LogP contribution in [0.5, 0.6) is 12.0 Å². The molecule has 2 heterocycles. The van der Waals surface area contributed by atoms with Crippen molar-refractivity contribution in [3.05, 3.63) is 21.1 Å². The number of hydrogen-bond donors (Lipinski definition) is 0. The third kappa shape index (κ3) is 5.88. The first-order valence-electron chi connectivity index (χ1n) is 5.92. The van der Waals surface area contributed by atoms with Gasteiger partial charge in [0.1, 0.15) is 0 Å². The van der Waals surface area contributed by atoms with Crippen LogP contribution in [-0.2, 0) is 0 Å². The predicted octanol–water partition coefficient (Wildman–Crippen LogP) is 2.91. The van der Waals surface area contributed by atoms with Crippen LogP contribution in [0.1, 0.15) is 12.8 Å². The lowest BCUT2D eigenvalue weighted by atomic mass is 10.3. The van der Waals surface area contributed by atoms with Crippen molar-refractivity contribution >= 4 is 46.4 Å². The van der Waals surface area contributed by atoms with E-state index in [1.807, 2.05) is 0 Å². The van der Waals surface area contributed by atoms with E-state index < -0.39 is 0 Å². The van der Waals surface area contributed by atoms with Gasteiger partial charge in [0.25, 0.3) is 0 Å². The van der Waals surface area contributed by atoms with Crippen LogP contribution in [-0.4, -0.2) is 43.1 Å². The van der Waals surface area contributed by atoms with Crippen LogP contribution in [0.2, 0.25) is 21.1 Å². The van der Waals surface area contributed by atoms with Gasteiger partial charge in [0.05, 0.1) is 13.2 Å². The Morgan fingerprint density at radius 1 is 0.545 bits per heavy atom. The average molecular weight is 386 g/mol. The standard InChI is InChI=1S/C10H8Cl4N6O2/c11-5-15-6(12)18-9(17-5)21-3-1-2-4-22-10-19-7(13)16-8(14)20-10/h1-4H2. The summed E-state index contributed by atoms with van der Waals surface area (Å²) in [6, 6.07) is 0.142. The number of halogens is 4. The molecule has 12 heteroatoms. The van der Waals surface area contributed by atoms with E-state index in [2.05, 4.69) is 29.9 Å². The zero-order valence-electron chi connectivity index (χ0n) is 10.8. The van der Waals surface area contributed by atoms with E-state index in [1.165, 1.54) is 0 Å². The van der Waals surface area contributed by atoms with Gasteiger partial charge in [0, 0.05) is 0 Å². The lowest BCUT2D eigenvalue weighted by Crippen LogP contribution is -2.06. The molecule has 118 valence electrons. The molecular formula is C10H8Cl4N6O2. The largest absolute Gasteiger partial charge is 0.463 e. The summed E-state index contributed by atoms with van der Waals surface area (Å²) in [6.07, 6.45) is 1.35. The van der Waals surface area contributed by atoms with Crippen LogP contribution in [0.25, 0.3) is 0 Å². The van der Waals surface area contributed by atoms with E-state index >= 15 is 0 Å². The molecule has 2 rings (SSSR count). The zero-order valence-corrected chi connectivity index (χ0v) is 13.9. The summed E-state index contributed by atoms with van der Waals surface area (Å²) in [5, 5.41) is -0.104. The predicted molar refractivity (Wildman–Crippen MR) is 79.9 cm³/mol. The molecule has 0 aliphatic carbocycles. The highest BCUT2D eigenvalue weighted by molar-refractivity contribution is 6.31. The molecule has 22 heavy (non-hydrogen) atoms. The van der Waals surface area contributed by atoms with Crippen molar-refractivity contribution in [3.63, 3.8) is 0 Å². The van der Waals surface area contributed by atoms with Crippen molar-refractivity contribution in [1.29, 1.82) is 0 Å². The summed E-state index contributed by atoms with van der Waals surface area (Å²) in [4.78, 5) is 22.3. The summed E-state index contributed by atoms with van der Waals surface area (Å²) in [5.41, 5.74) is 0. The fourth-order valence-electron chi connectivity index (χ4n) is 1.28. The van der Waals surface area contributed by atoms with Crippen molar-refractivity contribution in [1.82, 2.24) is 29.9 Å². The highest BCUT2D eigenvalue weighted by Crippen LogP contribution is 2.13. The minimum atomic E-state index is -0.0260. The molecule has 0 aromatic carbocycles. The van der Waals surface area contributed by atoms with Gasteiger partial charge in [-0.15, -0.1) is 0 Å². The maximum Gasteiger partial charge on any atom is 0.322 e. The van der Waals surface area contributed by atoms with Crippen molar-refractivity contribution in [3.8, 4) is 12.0 Å². The molecule has 0 spiro atoms. The minimum absolute atomic E-state index is 0.0260. The second kappa shape index (κ2) is 8.42. The van der Waals surface area contributed by atoms with Crippen LogP contribution in [0.3, 0.4) is 0 Å². The summed E-state index contributed by atoms with van der Waals surface area (Å²) >= 11 is 22.5. The van der Waals surface area contributed by atoms with Crippen LogP contribution >= 0.6 is 46.4 Å². The van der Waals surface area contributed by atoms with Gasteiger partial charge < -0.3 is 9.47 Å². The second-order valence-electron chi connectivity index (χ2n) is 3.72. The van der Waals surface area contributed by atoms with Crippen molar-refractivity contribution in [2.75, 3.05) is 13.2 Å². The Bertz CT molecular complexity index is 551. The quantitative estimate of drug-likeness (QED) is 0.671. The van der Waals surface area contributed by atoms with E-state index in [4.69, 9.17) is 55.9 Å². The molecule has 2 aromatic rings. The molecule has 0 aliphatic heterocycles. The van der Waals surface area contributed by atoms with Gasteiger partial charge in [-0.25, -0.2) is 0 Å². The average Bonchev–Trinajstić information content (AvgIpc) is 2.40. The normalized spacial score (nSPS) is 10.5. The maximum absolute atomic E-state index is 5.62. The molecule has 0 radical (unpaired) electrons. The first-order chi connectivity index (χ1) is 10.5. The molecule has 0 atom stereocenters. The fourth-order valence-corrected chi connectivity index (χ4v) is 1.97. The number of unbranched alkanes of at least 4 members (excludes halogenated alkanes) is 1. The molecule has 2 aromatic heterocycles. The Kier molecular flexibility index (Phi) is 6.56. The highest BCUT2D eigenvalue weighted by Gasteiger charge is 2.05. The first kappa shape index (κ1) is 17.1. The van der Waals surface area contributed by atoms with Gasteiger partial charge in [-0.05, 0) is 59.2 Å². The summed E-state index contributed by atoms with van der Waals surface area (Å²) in [6.45, 7) is 0.720. The van der Waals surface area contributed by atoms with Gasteiger partial charge in [-0.2, -0.15) is 29.9 Å². The third-order valence-corrected chi connectivity index (χ3v) is 2.80. The van der Waals surface area contributed by atoms with Crippen molar-refractivity contribution in [2.24, 2.45) is 0 Å². The molecule has 0 fully saturated rings. The van der Waals surface area contributed by atoms with Crippen LogP contribution < -0.4 is 9.47 Å². The SMILES string of the molecule is Clc1nc(Cl)nc(OCCCCOc2nc(Cl)nc(Cl)n2)n1. The van der Waals surface area contributed by atoms with Crippen molar-refractivity contribution < 1.29 is 9.47 Å². The molecule has 0 amide bonds. The van der Waals surface area contributed by atoms with Gasteiger partial charge >= 0.3 is 12.0 Å². The molecule has 8 nitrogen and oxygen atoms in total. The smallest absolute Gasteiger partial charge is 0.322 e. The maximum atomic E-state index is 5.62. The molecular weight excluding hydrogens is 378 g/mol. The summed E-state index contributed by atoms with van der Waals surface area (Å²) in [5.74, 6) is 0.